The molecule has 1 aromatic rings. The number of benzene rings is 1. The van der Waals surface area contributed by atoms with Gasteiger partial charge in [0, 0.05) is 12.5 Å². The summed E-state index contributed by atoms with van der Waals surface area (Å²) in [5.41, 5.74) is 2.72. The van der Waals surface area contributed by atoms with Crippen LogP contribution < -0.4 is 10.1 Å². The summed E-state index contributed by atoms with van der Waals surface area (Å²) >= 11 is 0. The van der Waals surface area contributed by atoms with E-state index in [1.807, 2.05) is 6.07 Å². The highest BCUT2D eigenvalue weighted by atomic mass is 16.5. The summed E-state index contributed by atoms with van der Waals surface area (Å²) in [5, 5.41) is 3.52. The van der Waals surface area contributed by atoms with Crippen molar-refractivity contribution in [3.8, 4) is 5.75 Å². The number of fused-ring (bicyclic) bond motifs is 1. The third-order valence-corrected chi connectivity index (χ3v) is 4.15. The first kappa shape index (κ1) is 10.0. The number of ether oxygens (including phenoxy) is 1. The van der Waals surface area contributed by atoms with Gasteiger partial charge in [-0.2, -0.15) is 0 Å². The van der Waals surface area contributed by atoms with Gasteiger partial charge in [-0.25, -0.2) is 0 Å². The molecule has 0 bridgehead atoms. The largest absolute Gasteiger partial charge is 0.495 e. The van der Waals surface area contributed by atoms with E-state index in [0.29, 0.717) is 5.92 Å². The average Bonchev–Trinajstić information content (AvgIpc) is 2.96. The second-order valence-corrected chi connectivity index (χ2v) is 4.96. The summed E-state index contributed by atoms with van der Waals surface area (Å²) in [7, 11) is 1.75. The Kier molecular flexibility index (Phi) is 2.50. The lowest BCUT2D eigenvalue weighted by Gasteiger charge is -2.17. The molecule has 1 saturated carbocycles. The van der Waals surface area contributed by atoms with Crippen molar-refractivity contribution in [3.05, 3.63) is 23.8 Å². The van der Waals surface area contributed by atoms with Crippen molar-refractivity contribution < 1.29 is 4.74 Å². The van der Waals surface area contributed by atoms with Gasteiger partial charge < -0.3 is 10.1 Å². The van der Waals surface area contributed by atoms with Crippen LogP contribution in [-0.4, -0.2) is 13.7 Å². The number of anilines is 1. The van der Waals surface area contributed by atoms with Gasteiger partial charge in [0.1, 0.15) is 5.75 Å². The highest BCUT2D eigenvalue weighted by molar-refractivity contribution is 5.67. The fraction of sp³-hybridized carbons (Fsp3) is 0.571. The summed E-state index contributed by atoms with van der Waals surface area (Å²) in [6.07, 6.45) is 5.65. The maximum absolute atomic E-state index is 5.41. The second-order valence-electron chi connectivity index (χ2n) is 4.96. The van der Waals surface area contributed by atoms with Crippen LogP contribution in [0.25, 0.3) is 0 Å². The van der Waals surface area contributed by atoms with Crippen molar-refractivity contribution in [1.82, 2.24) is 0 Å². The van der Waals surface area contributed by atoms with Gasteiger partial charge in [-0.15, -0.1) is 0 Å². The van der Waals surface area contributed by atoms with Crippen LogP contribution in [0.2, 0.25) is 0 Å². The highest BCUT2D eigenvalue weighted by Gasteiger charge is 2.32. The topological polar surface area (TPSA) is 21.3 Å². The van der Waals surface area contributed by atoms with E-state index in [1.54, 1.807) is 7.11 Å². The van der Waals surface area contributed by atoms with E-state index < -0.39 is 0 Å². The third kappa shape index (κ3) is 1.48. The number of methoxy groups -OCH3 is 1. The lowest BCUT2D eigenvalue weighted by Crippen LogP contribution is -2.11. The standard InChI is InChI=1S/C14H19NO/c1-16-13-8-4-7-11-12(9-15-14(11)13)10-5-2-3-6-10/h4,7-8,10,12,15H,2-3,5-6,9H2,1H3. The highest BCUT2D eigenvalue weighted by Crippen LogP contribution is 2.46. The van der Waals surface area contributed by atoms with Crippen molar-refractivity contribution in [2.45, 2.75) is 31.6 Å². The quantitative estimate of drug-likeness (QED) is 0.819. The molecule has 0 radical (unpaired) electrons. The molecule has 1 fully saturated rings. The van der Waals surface area contributed by atoms with Crippen LogP contribution in [0.15, 0.2) is 18.2 Å². The molecule has 2 heteroatoms. The van der Waals surface area contributed by atoms with Crippen molar-refractivity contribution in [2.75, 3.05) is 19.0 Å². The van der Waals surface area contributed by atoms with E-state index in [-0.39, 0.29) is 0 Å². The Bertz CT molecular complexity index is 382. The predicted molar refractivity (Wildman–Crippen MR) is 66.2 cm³/mol. The molecule has 1 aliphatic heterocycles. The van der Waals surface area contributed by atoms with Crippen molar-refractivity contribution in [3.63, 3.8) is 0 Å². The Morgan fingerprint density at radius 1 is 1.25 bits per heavy atom. The molecule has 0 saturated heterocycles. The van der Waals surface area contributed by atoms with Crippen LogP contribution >= 0.6 is 0 Å². The van der Waals surface area contributed by atoms with E-state index in [1.165, 1.54) is 36.9 Å². The zero-order valence-corrected chi connectivity index (χ0v) is 9.83. The van der Waals surface area contributed by atoms with E-state index in [2.05, 4.69) is 17.4 Å². The average molecular weight is 217 g/mol. The Morgan fingerprint density at radius 2 is 2.06 bits per heavy atom. The smallest absolute Gasteiger partial charge is 0.142 e. The van der Waals surface area contributed by atoms with Crippen LogP contribution in [0.3, 0.4) is 0 Å². The lowest BCUT2D eigenvalue weighted by atomic mass is 9.86. The number of hydrogen-bond donors (Lipinski definition) is 1. The minimum absolute atomic E-state index is 0.715. The molecule has 0 aromatic heterocycles. The van der Waals surface area contributed by atoms with Crippen LogP contribution in [0, 0.1) is 5.92 Å². The summed E-state index contributed by atoms with van der Waals surface area (Å²) in [5.74, 6) is 2.60. The molecule has 1 N–H and O–H groups in total. The monoisotopic (exact) mass is 217 g/mol. The zero-order chi connectivity index (χ0) is 11.0. The number of para-hydroxylation sites is 1. The van der Waals surface area contributed by atoms with Crippen LogP contribution in [-0.2, 0) is 0 Å². The van der Waals surface area contributed by atoms with Gasteiger partial charge in [-0.1, -0.05) is 25.0 Å². The van der Waals surface area contributed by atoms with Crippen molar-refractivity contribution >= 4 is 5.69 Å². The molecule has 2 nitrogen and oxygen atoms in total. The third-order valence-electron chi connectivity index (χ3n) is 4.15. The van der Waals surface area contributed by atoms with Gasteiger partial charge >= 0.3 is 0 Å². The molecule has 1 heterocycles. The maximum atomic E-state index is 5.41. The summed E-state index contributed by atoms with van der Waals surface area (Å²) in [6.45, 7) is 1.10. The molecular weight excluding hydrogens is 198 g/mol. The second kappa shape index (κ2) is 4.00. The van der Waals surface area contributed by atoms with Crippen LogP contribution in [0.1, 0.15) is 37.2 Å². The van der Waals surface area contributed by atoms with Crippen molar-refractivity contribution in [2.24, 2.45) is 5.92 Å². The molecule has 1 aromatic carbocycles. The molecule has 3 rings (SSSR count). The van der Waals surface area contributed by atoms with E-state index >= 15 is 0 Å². The first-order chi connectivity index (χ1) is 7.90. The number of rotatable bonds is 2. The Hall–Kier alpha value is -1.18. The molecule has 0 spiro atoms. The van der Waals surface area contributed by atoms with Gasteiger partial charge in [-0.3, -0.25) is 0 Å². The summed E-state index contributed by atoms with van der Waals surface area (Å²) in [4.78, 5) is 0. The normalized spacial score (nSPS) is 24.2. The van der Waals surface area contributed by atoms with Crippen LogP contribution in [0.4, 0.5) is 5.69 Å². The Morgan fingerprint density at radius 3 is 2.81 bits per heavy atom. The molecule has 2 aliphatic rings. The van der Waals surface area contributed by atoms with Gasteiger partial charge in [-0.05, 0) is 30.4 Å². The van der Waals surface area contributed by atoms with E-state index in [9.17, 15) is 0 Å². The van der Waals surface area contributed by atoms with Gasteiger partial charge in [0.05, 0.1) is 12.8 Å². The SMILES string of the molecule is COc1cccc2c1NCC2C1CCCC1. The van der Waals surface area contributed by atoms with Gasteiger partial charge in [0.2, 0.25) is 0 Å². The lowest BCUT2D eigenvalue weighted by molar-refractivity contribution is 0.416. The van der Waals surface area contributed by atoms with E-state index in [4.69, 9.17) is 4.74 Å². The molecule has 1 atom stereocenters. The molecule has 0 amide bonds. The fourth-order valence-electron chi connectivity index (χ4n) is 3.32. The predicted octanol–water partition coefficient (Wildman–Crippen LogP) is 3.39. The Balaban J connectivity index is 1.93. The summed E-state index contributed by atoms with van der Waals surface area (Å²) < 4.78 is 5.41. The molecular formula is C14H19NO. The van der Waals surface area contributed by atoms with Gasteiger partial charge in [0.15, 0.2) is 0 Å². The molecule has 1 aliphatic carbocycles. The van der Waals surface area contributed by atoms with Crippen LogP contribution in [0.5, 0.6) is 5.75 Å². The van der Waals surface area contributed by atoms with Gasteiger partial charge in [0.25, 0.3) is 0 Å². The minimum Gasteiger partial charge on any atom is -0.495 e. The van der Waals surface area contributed by atoms with E-state index in [0.717, 1.165) is 18.2 Å². The maximum Gasteiger partial charge on any atom is 0.142 e. The Labute approximate surface area is 97.0 Å². The summed E-state index contributed by atoms with van der Waals surface area (Å²) in [6, 6.07) is 6.43. The zero-order valence-electron chi connectivity index (χ0n) is 9.83. The van der Waals surface area contributed by atoms with Crippen molar-refractivity contribution in [1.29, 1.82) is 0 Å². The molecule has 1 unspecified atom stereocenters. The molecule has 16 heavy (non-hydrogen) atoms. The molecule has 86 valence electrons. The first-order valence-electron chi connectivity index (χ1n) is 6.31. The number of nitrogens with one attached hydrogen (secondary N) is 1. The first-order valence-corrected chi connectivity index (χ1v) is 6.31. The minimum atomic E-state index is 0.715. The number of hydrogen-bond acceptors (Lipinski definition) is 2. The fourth-order valence-corrected chi connectivity index (χ4v) is 3.32.